The molecule has 1 aliphatic rings. The van der Waals surface area contributed by atoms with Crippen molar-refractivity contribution in [3.05, 3.63) is 0 Å². The standard InChI is InChI=1S/C12H23N3/c1-4-5-8-15-9-11(2)14(3)10-12(15)6-7-13/h11-12H,4-6,8-10H2,1-3H3. The van der Waals surface area contributed by atoms with Crippen molar-refractivity contribution in [2.24, 2.45) is 0 Å². The van der Waals surface area contributed by atoms with E-state index in [4.69, 9.17) is 5.26 Å². The Labute approximate surface area is 93.7 Å². The zero-order valence-electron chi connectivity index (χ0n) is 10.2. The number of nitriles is 1. The molecule has 86 valence electrons. The second kappa shape index (κ2) is 6.09. The Hall–Kier alpha value is -0.590. The maximum atomic E-state index is 8.82. The van der Waals surface area contributed by atoms with Crippen LogP contribution in [0, 0.1) is 11.3 Å². The average molecular weight is 209 g/mol. The Morgan fingerprint density at radius 1 is 1.40 bits per heavy atom. The van der Waals surface area contributed by atoms with Gasteiger partial charge in [0.1, 0.15) is 0 Å². The lowest BCUT2D eigenvalue weighted by Crippen LogP contribution is -2.55. The highest BCUT2D eigenvalue weighted by molar-refractivity contribution is 4.90. The summed E-state index contributed by atoms with van der Waals surface area (Å²) in [7, 11) is 2.16. The summed E-state index contributed by atoms with van der Waals surface area (Å²) in [4.78, 5) is 4.86. The second-order valence-electron chi connectivity index (χ2n) is 4.65. The van der Waals surface area contributed by atoms with E-state index >= 15 is 0 Å². The number of likely N-dealkylation sites (N-methyl/N-ethyl adjacent to an activating group) is 1. The van der Waals surface area contributed by atoms with Gasteiger partial charge in [-0.1, -0.05) is 13.3 Å². The number of rotatable bonds is 4. The first-order chi connectivity index (χ1) is 7.19. The number of nitrogens with zero attached hydrogens (tertiary/aromatic N) is 3. The molecule has 2 atom stereocenters. The summed E-state index contributed by atoms with van der Waals surface area (Å²) in [5, 5.41) is 8.82. The molecule has 1 rings (SSSR count). The lowest BCUT2D eigenvalue weighted by molar-refractivity contribution is 0.0528. The molecule has 1 saturated heterocycles. The van der Waals surface area contributed by atoms with Gasteiger partial charge in [-0.25, -0.2) is 0 Å². The molecule has 0 radical (unpaired) electrons. The Morgan fingerprint density at radius 3 is 2.73 bits per heavy atom. The fourth-order valence-corrected chi connectivity index (χ4v) is 2.19. The molecule has 3 nitrogen and oxygen atoms in total. The third-order valence-electron chi connectivity index (χ3n) is 3.39. The molecule has 0 amide bonds. The molecule has 1 heterocycles. The Balaban J connectivity index is 2.52. The zero-order chi connectivity index (χ0) is 11.3. The molecule has 0 spiro atoms. The topological polar surface area (TPSA) is 30.3 Å². The number of hydrogen-bond donors (Lipinski definition) is 0. The normalized spacial score (nSPS) is 28.9. The maximum Gasteiger partial charge on any atom is 0.0638 e. The van der Waals surface area contributed by atoms with Crippen molar-refractivity contribution in [3.8, 4) is 6.07 Å². The van der Waals surface area contributed by atoms with Crippen LogP contribution in [0.1, 0.15) is 33.1 Å². The van der Waals surface area contributed by atoms with Crippen LogP contribution in [0.25, 0.3) is 0 Å². The molecule has 0 aromatic heterocycles. The molecule has 2 unspecified atom stereocenters. The monoisotopic (exact) mass is 209 g/mol. The zero-order valence-corrected chi connectivity index (χ0v) is 10.2. The van der Waals surface area contributed by atoms with Crippen molar-refractivity contribution in [2.75, 3.05) is 26.7 Å². The lowest BCUT2D eigenvalue weighted by atomic mass is 10.1. The van der Waals surface area contributed by atoms with Crippen molar-refractivity contribution in [2.45, 2.75) is 45.2 Å². The summed E-state index contributed by atoms with van der Waals surface area (Å²) >= 11 is 0. The molecule has 3 heteroatoms. The summed E-state index contributed by atoms with van der Waals surface area (Å²) in [6, 6.07) is 3.38. The maximum absolute atomic E-state index is 8.82. The van der Waals surface area contributed by atoms with Crippen LogP contribution >= 0.6 is 0 Å². The van der Waals surface area contributed by atoms with Gasteiger partial charge in [0.2, 0.25) is 0 Å². The van der Waals surface area contributed by atoms with Crippen molar-refractivity contribution in [1.29, 1.82) is 5.26 Å². The Kier molecular flexibility index (Phi) is 5.07. The van der Waals surface area contributed by atoms with Gasteiger partial charge in [-0.05, 0) is 26.9 Å². The van der Waals surface area contributed by atoms with Crippen molar-refractivity contribution in [1.82, 2.24) is 9.80 Å². The summed E-state index contributed by atoms with van der Waals surface area (Å²) < 4.78 is 0. The Morgan fingerprint density at radius 2 is 2.13 bits per heavy atom. The van der Waals surface area contributed by atoms with Gasteiger partial charge < -0.3 is 4.90 Å². The van der Waals surface area contributed by atoms with E-state index in [9.17, 15) is 0 Å². The minimum atomic E-state index is 0.447. The smallest absolute Gasteiger partial charge is 0.0638 e. The van der Waals surface area contributed by atoms with E-state index in [1.54, 1.807) is 0 Å². The summed E-state index contributed by atoms with van der Waals surface area (Å²) in [5.74, 6) is 0. The minimum absolute atomic E-state index is 0.447. The van der Waals surface area contributed by atoms with Gasteiger partial charge in [0.05, 0.1) is 12.5 Å². The summed E-state index contributed by atoms with van der Waals surface area (Å²) in [5.41, 5.74) is 0. The largest absolute Gasteiger partial charge is 0.301 e. The van der Waals surface area contributed by atoms with E-state index in [1.807, 2.05) is 0 Å². The third-order valence-corrected chi connectivity index (χ3v) is 3.39. The fraction of sp³-hybridized carbons (Fsp3) is 0.917. The number of piperazine rings is 1. The highest BCUT2D eigenvalue weighted by Gasteiger charge is 2.28. The first-order valence-electron chi connectivity index (χ1n) is 6.00. The minimum Gasteiger partial charge on any atom is -0.301 e. The quantitative estimate of drug-likeness (QED) is 0.706. The van der Waals surface area contributed by atoms with Crippen LogP contribution in [0.2, 0.25) is 0 Å². The number of hydrogen-bond acceptors (Lipinski definition) is 3. The highest BCUT2D eigenvalue weighted by Crippen LogP contribution is 2.16. The van der Waals surface area contributed by atoms with Crippen molar-refractivity contribution >= 4 is 0 Å². The molecular weight excluding hydrogens is 186 g/mol. The van der Waals surface area contributed by atoms with Gasteiger partial charge in [0.15, 0.2) is 0 Å². The van der Waals surface area contributed by atoms with Gasteiger partial charge in [-0.3, -0.25) is 4.90 Å². The van der Waals surface area contributed by atoms with Gasteiger partial charge in [0.25, 0.3) is 0 Å². The van der Waals surface area contributed by atoms with E-state index in [0.29, 0.717) is 18.5 Å². The molecule has 0 saturated carbocycles. The van der Waals surface area contributed by atoms with Crippen LogP contribution in [-0.4, -0.2) is 48.6 Å². The first-order valence-corrected chi connectivity index (χ1v) is 6.00. The van der Waals surface area contributed by atoms with E-state index in [2.05, 4.69) is 36.8 Å². The van der Waals surface area contributed by atoms with E-state index in [-0.39, 0.29) is 0 Å². The lowest BCUT2D eigenvalue weighted by Gasteiger charge is -2.43. The SMILES string of the molecule is CCCCN1CC(C)N(C)CC1CC#N. The van der Waals surface area contributed by atoms with Crippen molar-refractivity contribution < 1.29 is 0 Å². The van der Waals surface area contributed by atoms with Gasteiger partial charge >= 0.3 is 0 Å². The molecule has 0 aromatic carbocycles. The molecule has 1 fully saturated rings. The predicted molar refractivity (Wildman–Crippen MR) is 62.6 cm³/mol. The molecule has 0 N–H and O–H groups in total. The third kappa shape index (κ3) is 3.48. The number of unbranched alkanes of at least 4 members (excludes halogenated alkanes) is 1. The second-order valence-corrected chi connectivity index (χ2v) is 4.65. The average Bonchev–Trinajstić information content (AvgIpc) is 2.21. The van der Waals surface area contributed by atoms with Crippen LogP contribution in [0.4, 0.5) is 0 Å². The Bertz CT molecular complexity index is 221. The van der Waals surface area contributed by atoms with Gasteiger partial charge in [0, 0.05) is 25.2 Å². The van der Waals surface area contributed by atoms with Crippen molar-refractivity contribution in [3.63, 3.8) is 0 Å². The van der Waals surface area contributed by atoms with Crippen LogP contribution < -0.4 is 0 Å². The molecule has 0 aromatic rings. The molecule has 15 heavy (non-hydrogen) atoms. The van der Waals surface area contributed by atoms with Crippen LogP contribution in [-0.2, 0) is 0 Å². The summed E-state index contributed by atoms with van der Waals surface area (Å²) in [6.07, 6.45) is 3.15. The molecule has 0 aliphatic carbocycles. The van der Waals surface area contributed by atoms with Gasteiger partial charge in [-0.15, -0.1) is 0 Å². The molecule has 1 aliphatic heterocycles. The first kappa shape index (κ1) is 12.5. The van der Waals surface area contributed by atoms with Gasteiger partial charge in [-0.2, -0.15) is 5.26 Å². The molecule has 0 bridgehead atoms. The van der Waals surface area contributed by atoms with Crippen LogP contribution in [0.3, 0.4) is 0 Å². The van der Waals surface area contributed by atoms with E-state index < -0.39 is 0 Å². The predicted octanol–water partition coefficient (Wildman–Crippen LogP) is 1.70. The van der Waals surface area contributed by atoms with E-state index in [1.165, 1.54) is 12.8 Å². The fourth-order valence-electron chi connectivity index (χ4n) is 2.19. The van der Waals surface area contributed by atoms with Crippen LogP contribution in [0.5, 0.6) is 0 Å². The van der Waals surface area contributed by atoms with Crippen LogP contribution in [0.15, 0.2) is 0 Å². The highest BCUT2D eigenvalue weighted by atomic mass is 15.3. The summed E-state index contributed by atoms with van der Waals surface area (Å²) in [6.45, 7) is 7.79. The van der Waals surface area contributed by atoms with E-state index in [0.717, 1.165) is 19.6 Å². The molecular formula is C12H23N3.